The van der Waals surface area contributed by atoms with Crippen LogP contribution in [-0.2, 0) is 6.54 Å². The zero-order chi connectivity index (χ0) is 16.9. The number of nitrogens with two attached hydrogens (primary N) is 1. The van der Waals surface area contributed by atoms with Crippen LogP contribution in [0.1, 0.15) is 18.1 Å². The van der Waals surface area contributed by atoms with Gasteiger partial charge in [0.1, 0.15) is 0 Å². The molecule has 0 aliphatic carbocycles. The molecule has 124 valence electrons. The summed E-state index contributed by atoms with van der Waals surface area (Å²) in [6.45, 7) is 2.74. The van der Waals surface area contributed by atoms with Crippen molar-refractivity contribution in [3.05, 3.63) is 53.6 Å². The zero-order valence-corrected chi connectivity index (χ0v) is 14.0. The molecule has 1 heterocycles. The van der Waals surface area contributed by atoms with Crippen LogP contribution in [0.5, 0.6) is 11.5 Å². The van der Waals surface area contributed by atoms with Gasteiger partial charge in [-0.25, -0.2) is 0 Å². The van der Waals surface area contributed by atoms with Gasteiger partial charge in [0.15, 0.2) is 16.6 Å². The SMILES string of the molecule is C/C(=N/NC(=S)NCc1ccc2c(c1)OCO2)c1ccc(N)cc1. The minimum Gasteiger partial charge on any atom is -0.454 e. The first kappa shape index (κ1) is 16.1. The number of nitrogens with one attached hydrogen (secondary N) is 2. The molecule has 4 N–H and O–H groups in total. The summed E-state index contributed by atoms with van der Waals surface area (Å²) in [7, 11) is 0. The van der Waals surface area contributed by atoms with Gasteiger partial charge >= 0.3 is 0 Å². The number of fused-ring (bicyclic) bond motifs is 1. The second-order valence-electron chi connectivity index (χ2n) is 5.30. The van der Waals surface area contributed by atoms with Crippen LogP contribution >= 0.6 is 12.2 Å². The van der Waals surface area contributed by atoms with Crippen molar-refractivity contribution in [3.8, 4) is 11.5 Å². The number of hydrazone groups is 1. The molecule has 3 rings (SSSR count). The van der Waals surface area contributed by atoms with E-state index in [1.165, 1.54) is 0 Å². The van der Waals surface area contributed by atoms with E-state index in [4.69, 9.17) is 27.4 Å². The fourth-order valence-electron chi connectivity index (χ4n) is 2.20. The highest BCUT2D eigenvalue weighted by Gasteiger charge is 2.13. The number of anilines is 1. The Labute approximate surface area is 145 Å². The van der Waals surface area contributed by atoms with Gasteiger partial charge in [-0.3, -0.25) is 5.43 Å². The molecule has 0 saturated heterocycles. The number of nitrogen functional groups attached to an aromatic ring is 1. The number of benzene rings is 2. The molecule has 1 aliphatic heterocycles. The van der Waals surface area contributed by atoms with E-state index in [0.717, 1.165) is 34.0 Å². The molecule has 0 amide bonds. The van der Waals surface area contributed by atoms with Gasteiger partial charge in [-0.05, 0) is 54.5 Å². The van der Waals surface area contributed by atoms with Crippen molar-refractivity contribution < 1.29 is 9.47 Å². The van der Waals surface area contributed by atoms with Crippen molar-refractivity contribution in [2.75, 3.05) is 12.5 Å². The number of thiocarbonyl (C=S) groups is 1. The van der Waals surface area contributed by atoms with Crippen LogP contribution in [0.15, 0.2) is 47.6 Å². The second kappa shape index (κ2) is 7.18. The lowest BCUT2D eigenvalue weighted by atomic mass is 10.1. The van der Waals surface area contributed by atoms with Crippen molar-refractivity contribution in [2.24, 2.45) is 5.10 Å². The average molecular weight is 342 g/mol. The molecule has 0 aromatic heterocycles. The Hall–Kier alpha value is -2.80. The van der Waals surface area contributed by atoms with Gasteiger partial charge in [0.2, 0.25) is 6.79 Å². The summed E-state index contributed by atoms with van der Waals surface area (Å²) >= 11 is 5.24. The topological polar surface area (TPSA) is 80.9 Å². The number of rotatable bonds is 4. The van der Waals surface area contributed by atoms with Gasteiger partial charge in [-0.2, -0.15) is 5.10 Å². The lowest BCUT2D eigenvalue weighted by Gasteiger charge is -2.09. The molecule has 7 heteroatoms. The van der Waals surface area contributed by atoms with Crippen molar-refractivity contribution in [1.82, 2.24) is 10.7 Å². The highest BCUT2D eigenvalue weighted by molar-refractivity contribution is 7.80. The molecule has 0 saturated carbocycles. The Morgan fingerprint density at radius 3 is 2.71 bits per heavy atom. The summed E-state index contributed by atoms with van der Waals surface area (Å²) in [6.07, 6.45) is 0. The van der Waals surface area contributed by atoms with Gasteiger partial charge in [-0.1, -0.05) is 18.2 Å². The molecular weight excluding hydrogens is 324 g/mol. The lowest BCUT2D eigenvalue weighted by molar-refractivity contribution is 0.174. The standard InChI is InChI=1S/C17H18N4O2S/c1-11(13-3-5-14(18)6-4-13)20-21-17(24)19-9-12-2-7-15-16(8-12)23-10-22-15/h2-8H,9-10,18H2,1H3,(H2,19,21,24)/b20-11-. The number of hydrogen-bond acceptors (Lipinski definition) is 5. The summed E-state index contributed by atoms with van der Waals surface area (Å²) < 4.78 is 10.6. The van der Waals surface area contributed by atoms with E-state index in [1.54, 1.807) is 0 Å². The summed E-state index contributed by atoms with van der Waals surface area (Å²) in [4.78, 5) is 0. The summed E-state index contributed by atoms with van der Waals surface area (Å²) in [5.41, 5.74) is 12.1. The molecule has 24 heavy (non-hydrogen) atoms. The predicted molar refractivity (Wildman–Crippen MR) is 98.2 cm³/mol. The van der Waals surface area contributed by atoms with Gasteiger partial charge in [0, 0.05) is 12.2 Å². The number of ether oxygens (including phenoxy) is 2. The molecular formula is C17H18N4O2S. The second-order valence-corrected chi connectivity index (χ2v) is 5.71. The molecule has 0 spiro atoms. The first-order valence-corrected chi connectivity index (χ1v) is 7.85. The van der Waals surface area contributed by atoms with Gasteiger partial charge in [0.25, 0.3) is 0 Å². The summed E-state index contributed by atoms with van der Waals surface area (Å²) in [5.74, 6) is 1.52. The largest absolute Gasteiger partial charge is 0.454 e. The number of hydrogen-bond donors (Lipinski definition) is 3. The smallest absolute Gasteiger partial charge is 0.231 e. The Morgan fingerprint density at radius 1 is 1.17 bits per heavy atom. The minimum absolute atomic E-state index is 0.269. The fraction of sp³-hybridized carbons (Fsp3) is 0.176. The molecule has 0 unspecified atom stereocenters. The molecule has 2 aromatic carbocycles. The third-order valence-corrected chi connectivity index (χ3v) is 3.78. The van der Waals surface area contributed by atoms with Gasteiger partial charge in [0.05, 0.1) is 5.71 Å². The first-order valence-electron chi connectivity index (χ1n) is 7.44. The normalized spacial score (nSPS) is 12.8. The molecule has 2 aromatic rings. The van der Waals surface area contributed by atoms with Crippen LogP contribution in [0.4, 0.5) is 5.69 Å². The van der Waals surface area contributed by atoms with E-state index in [0.29, 0.717) is 11.7 Å². The van der Waals surface area contributed by atoms with Crippen molar-refractivity contribution in [2.45, 2.75) is 13.5 Å². The van der Waals surface area contributed by atoms with Crippen LogP contribution < -0.4 is 25.9 Å². The van der Waals surface area contributed by atoms with E-state index in [9.17, 15) is 0 Å². The van der Waals surface area contributed by atoms with E-state index in [1.807, 2.05) is 49.4 Å². The monoisotopic (exact) mass is 342 g/mol. The molecule has 0 fully saturated rings. The Kier molecular flexibility index (Phi) is 4.81. The maximum Gasteiger partial charge on any atom is 0.231 e. The molecule has 0 bridgehead atoms. The third kappa shape index (κ3) is 3.94. The summed E-state index contributed by atoms with van der Waals surface area (Å²) in [5, 5.41) is 7.82. The molecule has 6 nitrogen and oxygen atoms in total. The van der Waals surface area contributed by atoms with E-state index >= 15 is 0 Å². The van der Waals surface area contributed by atoms with Gasteiger partial charge < -0.3 is 20.5 Å². The van der Waals surface area contributed by atoms with Crippen LogP contribution in [0.25, 0.3) is 0 Å². The van der Waals surface area contributed by atoms with Gasteiger partial charge in [-0.15, -0.1) is 0 Å². The summed E-state index contributed by atoms with van der Waals surface area (Å²) in [6, 6.07) is 13.3. The maximum absolute atomic E-state index is 5.67. The van der Waals surface area contributed by atoms with Crippen LogP contribution in [-0.4, -0.2) is 17.6 Å². The molecule has 0 radical (unpaired) electrons. The maximum atomic E-state index is 5.67. The van der Waals surface area contributed by atoms with Crippen LogP contribution in [0.2, 0.25) is 0 Å². The molecule has 0 atom stereocenters. The first-order chi connectivity index (χ1) is 11.6. The van der Waals surface area contributed by atoms with Crippen molar-refractivity contribution >= 4 is 28.7 Å². The average Bonchev–Trinajstić information content (AvgIpc) is 3.06. The Morgan fingerprint density at radius 2 is 1.92 bits per heavy atom. The minimum atomic E-state index is 0.269. The highest BCUT2D eigenvalue weighted by atomic mass is 32.1. The van der Waals surface area contributed by atoms with E-state index in [2.05, 4.69) is 15.8 Å². The van der Waals surface area contributed by atoms with Crippen molar-refractivity contribution in [3.63, 3.8) is 0 Å². The molecule has 1 aliphatic rings. The zero-order valence-electron chi connectivity index (χ0n) is 13.2. The van der Waals surface area contributed by atoms with Crippen molar-refractivity contribution in [1.29, 1.82) is 0 Å². The van der Waals surface area contributed by atoms with Crippen LogP contribution in [0.3, 0.4) is 0 Å². The van der Waals surface area contributed by atoms with Crippen LogP contribution in [0, 0.1) is 0 Å². The highest BCUT2D eigenvalue weighted by Crippen LogP contribution is 2.32. The van der Waals surface area contributed by atoms with E-state index in [-0.39, 0.29) is 6.79 Å². The number of nitrogens with zero attached hydrogens (tertiary/aromatic N) is 1. The third-order valence-electron chi connectivity index (χ3n) is 3.54. The quantitative estimate of drug-likeness (QED) is 0.343. The lowest BCUT2D eigenvalue weighted by Crippen LogP contribution is -2.32. The predicted octanol–water partition coefficient (Wildman–Crippen LogP) is 2.39. The van der Waals surface area contributed by atoms with E-state index < -0.39 is 0 Å². The Bertz CT molecular complexity index is 775. The fourth-order valence-corrected chi connectivity index (χ4v) is 2.31. The Balaban J connectivity index is 1.52.